The van der Waals surface area contributed by atoms with Gasteiger partial charge in [0.05, 0.1) is 17.0 Å². The van der Waals surface area contributed by atoms with Gasteiger partial charge in [-0.25, -0.2) is 18.7 Å². The largest absolute Gasteiger partial charge is 0.408 e. The first-order chi connectivity index (χ1) is 18.3. The molecule has 1 aliphatic heterocycles. The van der Waals surface area contributed by atoms with Crippen molar-refractivity contribution in [1.82, 2.24) is 20.2 Å². The number of aromatic nitrogens is 2. The summed E-state index contributed by atoms with van der Waals surface area (Å²) in [7, 11) is 0. The van der Waals surface area contributed by atoms with Crippen LogP contribution in [-0.2, 0) is 0 Å². The van der Waals surface area contributed by atoms with Gasteiger partial charge >= 0.3 is 6.18 Å². The number of nitrogens with one attached hydrogen (secondary N) is 2. The number of halogens is 5. The molecule has 1 saturated heterocycles. The van der Waals surface area contributed by atoms with Crippen LogP contribution in [0.5, 0.6) is 0 Å². The standard InChI is InChI=1S/C25H30F5N5O3S/c1-4-13-6-5-11(2)35(13)24(38)19-20(39-23(34-19)22(37)33-16-7-8-17(16)36)15-10-31-18(9-14(15)21(26)27)32-12(3)25(28,29)30/h9-13,16-17,21,36H,4-8H2,1-3H3,(H,31,32)(H,33,37)/t11?,12-,13?,16+,17+/m0/s1. The second-order valence-electron chi connectivity index (χ2n) is 9.99. The predicted molar refractivity (Wildman–Crippen MR) is 135 cm³/mol. The summed E-state index contributed by atoms with van der Waals surface area (Å²) in [6, 6.07) is -1.93. The number of aliphatic hydroxyl groups excluding tert-OH is 1. The maximum absolute atomic E-state index is 14.2. The second-order valence-corrected chi connectivity index (χ2v) is 11.0. The Morgan fingerprint density at radius 3 is 2.51 bits per heavy atom. The first kappa shape index (κ1) is 29.1. The number of hydrogen-bond acceptors (Lipinski definition) is 7. The van der Waals surface area contributed by atoms with Crippen molar-refractivity contribution in [3.05, 3.63) is 28.5 Å². The molecule has 14 heteroatoms. The number of amides is 2. The van der Waals surface area contributed by atoms with Crippen LogP contribution in [-0.4, -0.2) is 68.2 Å². The summed E-state index contributed by atoms with van der Waals surface area (Å²) in [6.45, 7) is 4.64. The Morgan fingerprint density at radius 2 is 1.95 bits per heavy atom. The lowest BCUT2D eigenvalue weighted by Gasteiger charge is -2.32. The minimum atomic E-state index is -4.62. The van der Waals surface area contributed by atoms with Crippen molar-refractivity contribution in [2.45, 2.75) is 95.7 Å². The van der Waals surface area contributed by atoms with Gasteiger partial charge < -0.3 is 20.6 Å². The topological polar surface area (TPSA) is 107 Å². The Kier molecular flexibility index (Phi) is 8.45. The zero-order valence-electron chi connectivity index (χ0n) is 21.6. The van der Waals surface area contributed by atoms with Crippen molar-refractivity contribution < 1.29 is 36.6 Å². The van der Waals surface area contributed by atoms with E-state index >= 15 is 0 Å². The zero-order valence-corrected chi connectivity index (χ0v) is 22.4. The van der Waals surface area contributed by atoms with Crippen molar-refractivity contribution >= 4 is 29.0 Å². The summed E-state index contributed by atoms with van der Waals surface area (Å²) in [5.74, 6) is -1.59. The van der Waals surface area contributed by atoms with E-state index in [0.29, 0.717) is 19.3 Å². The van der Waals surface area contributed by atoms with E-state index in [2.05, 4.69) is 20.6 Å². The molecule has 2 fully saturated rings. The molecule has 2 unspecified atom stereocenters. The van der Waals surface area contributed by atoms with E-state index < -0.39 is 54.0 Å². The van der Waals surface area contributed by atoms with Gasteiger partial charge in [-0.1, -0.05) is 6.92 Å². The van der Waals surface area contributed by atoms with Crippen LogP contribution in [0.2, 0.25) is 0 Å². The van der Waals surface area contributed by atoms with Gasteiger partial charge in [0, 0.05) is 29.4 Å². The number of carbonyl (C=O) groups is 2. The van der Waals surface area contributed by atoms with Crippen LogP contribution in [0.1, 0.15) is 85.2 Å². The summed E-state index contributed by atoms with van der Waals surface area (Å²) in [4.78, 5) is 36.5. The number of thiazole rings is 1. The monoisotopic (exact) mass is 575 g/mol. The van der Waals surface area contributed by atoms with Crippen LogP contribution >= 0.6 is 11.3 Å². The molecular weight excluding hydrogens is 545 g/mol. The molecule has 4 rings (SSSR count). The molecule has 0 bridgehead atoms. The third kappa shape index (κ3) is 6.01. The number of alkyl halides is 5. The number of pyridine rings is 1. The average molecular weight is 576 g/mol. The number of hydrogen-bond donors (Lipinski definition) is 3. The molecule has 0 spiro atoms. The fourth-order valence-electron chi connectivity index (χ4n) is 4.81. The van der Waals surface area contributed by atoms with E-state index in [4.69, 9.17) is 0 Å². The Morgan fingerprint density at radius 1 is 1.23 bits per heavy atom. The van der Waals surface area contributed by atoms with E-state index in [0.717, 1.165) is 43.4 Å². The summed E-state index contributed by atoms with van der Waals surface area (Å²) in [5, 5.41) is 14.4. The van der Waals surface area contributed by atoms with Crippen LogP contribution in [0, 0.1) is 0 Å². The number of nitrogens with zero attached hydrogens (tertiary/aromatic N) is 3. The number of likely N-dealkylation sites (tertiary alicyclic amines) is 1. The highest BCUT2D eigenvalue weighted by Crippen LogP contribution is 2.40. The lowest BCUT2D eigenvalue weighted by molar-refractivity contribution is -0.138. The van der Waals surface area contributed by atoms with Crippen molar-refractivity contribution in [1.29, 1.82) is 0 Å². The Labute approximate surface area is 226 Å². The second kappa shape index (κ2) is 11.3. The first-order valence-corrected chi connectivity index (χ1v) is 13.6. The lowest BCUT2D eigenvalue weighted by Crippen LogP contribution is -2.50. The van der Waals surface area contributed by atoms with E-state index in [1.807, 2.05) is 13.8 Å². The van der Waals surface area contributed by atoms with Gasteiger partial charge in [0.2, 0.25) is 0 Å². The van der Waals surface area contributed by atoms with E-state index in [1.165, 1.54) is 0 Å². The Hall–Kier alpha value is -2.87. The molecule has 3 heterocycles. The third-order valence-corrected chi connectivity index (χ3v) is 8.43. The Bertz CT molecular complexity index is 1220. The van der Waals surface area contributed by atoms with Gasteiger partial charge in [0.15, 0.2) is 5.01 Å². The number of rotatable bonds is 8. The van der Waals surface area contributed by atoms with Crippen molar-refractivity contribution in [3.63, 3.8) is 0 Å². The van der Waals surface area contributed by atoms with Gasteiger partial charge in [-0.2, -0.15) is 13.2 Å². The molecule has 3 N–H and O–H groups in total. The molecular formula is C25H30F5N5O3S. The van der Waals surface area contributed by atoms with Crippen LogP contribution < -0.4 is 10.6 Å². The highest BCUT2D eigenvalue weighted by atomic mass is 32.1. The predicted octanol–water partition coefficient (Wildman–Crippen LogP) is 5.16. The van der Waals surface area contributed by atoms with Gasteiger partial charge in [0.25, 0.3) is 18.2 Å². The normalized spacial score (nSPS) is 24.0. The van der Waals surface area contributed by atoms with Gasteiger partial charge in [0.1, 0.15) is 17.6 Å². The summed E-state index contributed by atoms with van der Waals surface area (Å²) in [5.41, 5.74) is -1.04. The molecule has 2 aromatic heterocycles. The maximum atomic E-state index is 14.2. The minimum Gasteiger partial charge on any atom is -0.391 e. The number of anilines is 1. The van der Waals surface area contributed by atoms with E-state index in [9.17, 15) is 36.6 Å². The highest BCUT2D eigenvalue weighted by molar-refractivity contribution is 7.17. The SMILES string of the molecule is CCC1CCC(C)N1C(=O)c1nc(C(=O)N[C@@H]2CC[C@H]2O)sc1-c1cnc(N[C@@H](C)C(F)(F)F)cc1C(F)F. The highest BCUT2D eigenvalue weighted by Gasteiger charge is 2.39. The molecule has 5 atom stereocenters. The molecule has 0 aromatic carbocycles. The van der Waals surface area contributed by atoms with Crippen molar-refractivity contribution in [2.75, 3.05) is 5.32 Å². The molecule has 214 valence electrons. The molecule has 39 heavy (non-hydrogen) atoms. The quantitative estimate of drug-likeness (QED) is 0.376. The molecule has 0 radical (unpaired) electrons. The molecule has 2 aromatic rings. The third-order valence-electron chi connectivity index (χ3n) is 7.34. The smallest absolute Gasteiger partial charge is 0.391 e. The van der Waals surface area contributed by atoms with Crippen LogP contribution in [0.4, 0.5) is 27.8 Å². The van der Waals surface area contributed by atoms with E-state index in [-0.39, 0.29) is 33.2 Å². The fourth-order valence-corrected chi connectivity index (χ4v) is 5.80. The van der Waals surface area contributed by atoms with Crippen molar-refractivity contribution in [2.24, 2.45) is 0 Å². The van der Waals surface area contributed by atoms with Gasteiger partial charge in [-0.15, -0.1) is 11.3 Å². The van der Waals surface area contributed by atoms with Crippen LogP contribution in [0.15, 0.2) is 12.3 Å². The maximum Gasteiger partial charge on any atom is 0.408 e. The average Bonchev–Trinajstić information content (AvgIpc) is 3.49. The van der Waals surface area contributed by atoms with Gasteiger partial charge in [-0.05, 0) is 52.0 Å². The zero-order chi connectivity index (χ0) is 28.6. The summed E-state index contributed by atoms with van der Waals surface area (Å²) >= 11 is 0.725. The summed E-state index contributed by atoms with van der Waals surface area (Å²) in [6.07, 6.45) is -4.21. The lowest BCUT2D eigenvalue weighted by atomic mass is 9.89. The first-order valence-electron chi connectivity index (χ1n) is 12.8. The van der Waals surface area contributed by atoms with E-state index in [1.54, 1.807) is 4.90 Å². The molecule has 1 saturated carbocycles. The van der Waals surface area contributed by atoms with Crippen LogP contribution in [0.25, 0.3) is 10.4 Å². The van der Waals surface area contributed by atoms with Crippen LogP contribution in [0.3, 0.4) is 0 Å². The molecule has 8 nitrogen and oxygen atoms in total. The Balaban J connectivity index is 1.77. The number of carbonyl (C=O) groups excluding carboxylic acids is 2. The van der Waals surface area contributed by atoms with Crippen molar-refractivity contribution in [3.8, 4) is 10.4 Å². The molecule has 2 aliphatic rings. The van der Waals surface area contributed by atoms with Gasteiger partial charge in [-0.3, -0.25) is 9.59 Å². The summed E-state index contributed by atoms with van der Waals surface area (Å²) < 4.78 is 67.4. The fraction of sp³-hybridized carbons (Fsp3) is 0.600. The minimum absolute atomic E-state index is 0.0218. The number of aliphatic hydroxyl groups is 1. The molecule has 2 amide bonds. The molecule has 1 aliphatic carbocycles.